The maximum Gasteiger partial charge on any atom is 0.257 e. The molecule has 4 saturated carbocycles. The average molecular weight is 364 g/mol. The Bertz CT molecular complexity index is 829. The van der Waals surface area contributed by atoms with Gasteiger partial charge in [-0.1, -0.05) is 43.2 Å². The van der Waals surface area contributed by atoms with Crippen molar-refractivity contribution in [2.24, 2.45) is 23.2 Å². The van der Waals surface area contributed by atoms with E-state index in [-0.39, 0.29) is 12.5 Å². The van der Waals surface area contributed by atoms with E-state index in [4.69, 9.17) is 4.74 Å². The molecule has 142 valence electrons. The maximum atomic E-state index is 12.4. The second-order valence-corrected chi connectivity index (χ2v) is 9.33. The lowest BCUT2D eigenvalue weighted by Crippen LogP contribution is -2.46. The van der Waals surface area contributed by atoms with E-state index in [9.17, 15) is 4.79 Å². The van der Waals surface area contributed by atoms with E-state index in [0.29, 0.717) is 5.41 Å². The van der Waals surface area contributed by atoms with Crippen molar-refractivity contribution in [3.05, 3.63) is 42.5 Å². The summed E-state index contributed by atoms with van der Waals surface area (Å²) in [5.41, 5.74) is 0.367. The molecule has 0 radical (unpaired) electrons. The molecule has 1 N–H and O–H groups in total. The molecule has 0 spiro atoms. The number of nitrogens with one attached hydrogen (secondary N) is 1. The van der Waals surface area contributed by atoms with Crippen LogP contribution in [0.4, 0.5) is 0 Å². The first-order valence-corrected chi connectivity index (χ1v) is 10.6. The Morgan fingerprint density at radius 2 is 1.67 bits per heavy atom. The van der Waals surface area contributed by atoms with Crippen molar-refractivity contribution < 1.29 is 9.53 Å². The quantitative estimate of drug-likeness (QED) is 0.817. The van der Waals surface area contributed by atoms with Gasteiger partial charge in [-0.3, -0.25) is 4.79 Å². The van der Waals surface area contributed by atoms with E-state index in [1.165, 1.54) is 50.3 Å². The molecular formula is C24H29NO2. The molecule has 2 aromatic carbocycles. The minimum atomic E-state index is 0.0116. The molecule has 4 fully saturated rings. The highest BCUT2D eigenvalue weighted by molar-refractivity contribution is 5.84. The van der Waals surface area contributed by atoms with Crippen LogP contribution in [0, 0.1) is 23.2 Å². The molecule has 6 rings (SSSR count). The van der Waals surface area contributed by atoms with Gasteiger partial charge in [0.2, 0.25) is 0 Å². The van der Waals surface area contributed by atoms with Gasteiger partial charge >= 0.3 is 0 Å². The second kappa shape index (κ2) is 6.85. The first-order chi connectivity index (χ1) is 13.2. The van der Waals surface area contributed by atoms with Gasteiger partial charge in [-0.25, -0.2) is 0 Å². The van der Waals surface area contributed by atoms with Crippen LogP contribution < -0.4 is 10.1 Å². The fourth-order valence-electron chi connectivity index (χ4n) is 6.33. The van der Waals surface area contributed by atoms with Crippen molar-refractivity contribution in [2.45, 2.75) is 44.9 Å². The van der Waals surface area contributed by atoms with Gasteiger partial charge in [0.05, 0.1) is 0 Å². The SMILES string of the molecule is O=C(COc1ccc2ccccc2c1)NCC12CC3C[C@H](CC[C@@H](C3)C1)C2. The molecular weight excluding hydrogens is 334 g/mol. The molecule has 0 unspecified atom stereocenters. The van der Waals surface area contributed by atoms with E-state index >= 15 is 0 Å². The number of carbonyl (C=O) groups is 1. The summed E-state index contributed by atoms with van der Waals surface area (Å²) in [5, 5.41) is 5.54. The van der Waals surface area contributed by atoms with E-state index in [0.717, 1.165) is 35.4 Å². The minimum absolute atomic E-state index is 0.0116. The Balaban J connectivity index is 1.17. The average Bonchev–Trinajstić information content (AvgIpc) is 2.90. The zero-order valence-corrected chi connectivity index (χ0v) is 16.0. The highest BCUT2D eigenvalue weighted by atomic mass is 16.5. The van der Waals surface area contributed by atoms with E-state index in [1.807, 2.05) is 30.3 Å². The Morgan fingerprint density at radius 3 is 2.44 bits per heavy atom. The van der Waals surface area contributed by atoms with Crippen molar-refractivity contribution in [2.75, 3.05) is 13.2 Å². The van der Waals surface area contributed by atoms with Crippen LogP contribution in [0.3, 0.4) is 0 Å². The normalized spacial score (nSPS) is 31.6. The van der Waals surface area contributed by atoms with Crippen LogP contribution in [0.5, 0.6) is 5.75 Å². The van der Waals surface area contributed by atoms with E-state index in [2.05, 4.69) is 17.4 Å². The van der Waals surface area contributed by atoms with Crippen molar-refractivity contribution in [1.82, 2.24) is 5.32 Å². The Hall–Kier alpha value is -2.03. The number of carbonyl (C=O) groups excluding carboxylic acids is 1. The lowest BCUT2D eigenvalue weighted by molar-refractivity contribution is -0.124. The number of hydrogen-bond donors (Lipinski definition) is 1. The zero-order valence-electron chi connectivity index (χ0n) is 16.0. The van der Waals surface area contributed by atoms with Crippen molar-refractivity contribution >= 4 is 16.7 Å². The predicted octanol–water partition coefficient (Wildman–Crippen LogP) is 4.94. The Morgan fingerprint density at radius 1 is 0.963 bits per heavy atom. The summed E-state index contributed by atoms with van der Waals surface area (Å²) in [6.45, 7) is 0.946. The molecule has 4 aliphatic carbocycles. The lowest BCUT2D eigenvalue weighted by Gasteiger charge is -2.48. The van der Waals surface area contributed by atoms with Crippen LogP contribution in [0.1, 0.15) is 44.9 Å². The van der Waals surface area contributed by atoms with Gasteiger partial charge in [0.15, 0.2) is 6.61 Å². The molecule has 27 heavy (non-hydrogen) atoms. The van der Waals surface area contributed by atoms with Gasteiger partial charge in [-0.15, -0.1) is 0 Å². The summed E-state index contributed by atoms with van der Waals surface area (Å²) >= 11 is 0. The maximum absolute atomic E-state index is 12.4. The van der Waals surface area contributed by atoms with Gasteiger partial charge in [-0.05, 0) is 78.2 Å². The van der Waals surface area contributed by atoms with Crippen LogP contribution in [0.2, 0.25) is 0 Å². The molecule has 0 saturated heterocycles. The fraction of sp³-hybridized carbons (Fsp3) is 0.542. The molecule has 0 heterocycles. The number of rotatable bonds is 5. The minimum Gasteiger partial charge on any atom is -0.484 e. The largest absolute Gasteiger partial charge is 0.484 e. The van der Waals surface area contributed by atoms with Gasteiger partial charge in [0.25, 0.3) is 5.91 Å². The number of fused-ring (bicyclic) bond motifs is 2. The van der Waals surface area contributed by atoms with Gasteiger partial charge < -0.3 is 10.1 Å². The Kier molecular flexibility index (Phi) is 4.34. The first kappa shape index (κ1) is 17.1. The van der Waals surface area contributed by atoms with E-state index < -0.39 is 0 Å². The molecule has 0 aromatic heterocycles. The highest BCUT2D eigenvalue weighted by Gasteiger charge is 2.48. The van der Waals surface area contributed by atoms with Crippen LogP contribution in [-0.2, 0) is 4.79 Å². The van der Waals surface area contributed by atoms with Crippen molar-refractivity contribution in [3.8, 4) is 5.75 Å². The van der Waals surface area contributed by atoms with Crippen molar-refractivity contribution in [1.29, 1.82) is 0 Å². The summed E-state index contributed by atoms with van der Waals surface area (Å²) in [5.74, 6) is 3.49. The molecule has 0 aliphatic heterocycles. The number of benzene rings is 2. The summed E-state index contributed by atoms with van der Waals surface area (Å²) < 4.78 is 5.76. The van der Waals surface area contributed by atoms with Gasteiger partial charge in [0, 0.05) is 6.54 Å². The zero-order chi connectivity index (χ0) is 18.3. The number of hydrogen-bond acceptors (Lipinski definition) is 2. The topological polar surface area (TPSA) is 38.3 Å². The molecule has 2 atom stereocenters. The predicted molar refractivity (Wildman–Crippen MR) is 108 cm³/mol. The number of ether oxygens (including phenoxy) is 1. The second-order valence-electron chi connectivity index (χ2n) is 9.33. The van der Waals surface area contributed by atoms with E-state index in [1.54, 1.807) is 0 Å². The fourth-order valence-corrected chi connectivity index (χ4v) is 6.33. The highest BCUT2D eigenvalue weighted by Crippen LogP contribution is 2.57. The van der Waals surface area contributed by atoms with Gasteiger partial charge in [0.1, 0.15) is 5.75 Å². The smallest absolute Gasteiger partial charge is 0.257 e. The van der Waals surface area contributed by atoms with Gasteiger partial charge in [-0.2, -0.15) is 0 Å². The van der Waals surface area contributed by atoms with Crippen LogP contribution >= 0.6 is 0 Å². The monoisotopic (exact) mass is 363 g/mol. The summed E-state index contributed by atoms with van der Waals surface area (Å²) in [6.07, 6.45) is 9.70. The van der Waals surface area contributed by atoms with Crippen LogP contribution in [0.15, 0.2) is 42.5 Å². The molecule has 4 bridgehead atoms. The molecule has 2 aromatic rings. The third-order valence-corrected chi connectivity index (χ3v) is 7.23. The third kappa shape index (κ3) is 3.56. The van der Waals surface area contributed by atoms with Crippen molar-refractivity contribution in [3.63, 3.8) is 0 Å². The Labute approximate surface area is 161 Å². The summed E-state index contributed by atoms with van der Waals surface area (Å²) in [7, 11) is 0. The standard InChI is InChI=1S/C24H29NO2/c26-23(15-27-22-8-7-20-3-1-2-4-21(20)11-22)25-16-24-12-17-5-6-18(13-24)10-19(9-17)14-24/h1-4,7-8,11,17-19H,5-6,9-10,12-16H2,(H,25,26)/t17-,18-,19?,24?/m0/s1. The van der Waals surface area contributed by atoms with Crippen LogP contribution in [-0.4, -0.2) is 19.1 Å². The molecule has 1 amide bonds. The molecule has 3 heteroatoms. The summed E-state index contributed by atoms with van der Waals surface area (Å²) in [6, 6.07) is 14.2. The number of amides is 1. The van der Waals surface area contributed by atoms with Crippen LogP contribution in [0.25, 0.3) is 10.8 Å². The first-order valence-electron chi connectivity index (χ1n) is 10.6. The summed E-state index contributed by atoms with van der Waals surface area (Å²) in [4.78, 5) is 12.4. The molecule has 4 aliphatic rings. The third-order valence-electron chi connectivity index (χ3n) is 7.23. The lowest BCUT2D eigenvalue weighted by atomic mass is 9.58. The molecule has 3 nitrogen and oxygen atoms in total.